The summed E-state index contributed by atoms with van der Waals surface area (Å²) in [5.41, 5.74) is 3.47. The Morgan fingerprint density at radius 1 is 1.14 bits per heavy atom. The van der Waals surface area contributed by atoms with E-state index in [-0.39, 0.29) is 16.8 Å². The Morgan fingerprint density at radius 2 is 1.89 bits per heavy atom. The van der Waals surface area contributed by atoms with E-state index >= 15 is 0 Å². The van der Waals surface area contributed by atoms with E-state index in [1.807, 2.05) is 14.0 Å². The van der Waals surface area contributed by atoms with Crippen LogP contribution in [-0.2, 0) is 13.2 Å². The van der Waals surface area contributed by atoms with Crippen molar-refractivity contribution in [1.82, 2.24) is 29.8 Å². The molecule has 4 rings (SSSR count). The van der Waals surface area contributed by atoms with Gasteiger partial charge in [0.15, 0.2) is 0 Å². The highest BCUT2D eigenvalue weighted by Gasteiger charge is 2.32. The summed E-state index contributed by atoms with van der Waals surface area (Å²) < 4.78 is 43.2. The second-order valence-corrected chi connectivity index (χ2v) is 8.04. The van der Waals surface area contributed by atoms with E-state index in [9.17, 15) is 18.0 Å². The van der Waals surface area contributed by atoms with Crippen molar-refractivity contribution >= 4 is 17.7 Å². The lowest BCUT2D eigenvalue weighted by molar-refractivity contribution is -0.137. The minimum atomic E-state index is -4.57. The average molecular weight is 481 g/mol. The van der Waals surface area contributed by atoms with Crippen LogP contribution in [0.25, 0.3) is 23.0 Å². The van der Waals surface area contributed by atoms with Crippen molar-refractivity contribution in [2.75, 3.05) is 5.32 Å². The molecule has 4 aromatic rings. The lowest BCUT2D eigenvalue weighted by Crippen LogP contribution is -2.16. The number of alkyl halides is 3. The fraction of sp³-hybridized carbons (Fsp3) is 0.208. The molecule has 0 saturated heterocycles. The molecule has 0 bridgehead atoms. The predicted octanol–water partition coefficient (Wildman–Crippen LogP) is 4.90. The lowest BCUT2D eigenvalue weighted by Gasteiger charge is -2.15. The topological polar surface area (TPSA) is 90.5 Å². The van der Waals surface area contributed by atoms with Crippen LogP contribution in [0.15, 0.2) is 43.4 Å². The standard InChI is InChI=1S/C24H22F3N7O/c1-6-16-7-18(24(25,26)27)9-20(13(16)2)30-23(35)17-8-22(14(3)28-10-17)34-12-21(31-32-34)19-11-29-33(5)15(19)4/h6-12H,1H2,2-5H3,(H,30,35). The number of rotatable bonds is 5. The number of hydrogen-bond donors (Lipinski definition) is 1. The van der Waals surface area contributed by atoms with Gasteiger partial charge in [-0.15, -0.1) is 5.10 Å². The van der Waals surface area contributed by atoms with Crippen molar-refractivity contribution in [2.24, 2.45) is 7.05 Å². The molecule has 11 heteroatoms. The molecule has 0 fully saturated rings. The van der Waals surface area contributed by atoms with E-state index in [0.717, 1.165) is 23.4 Å². The molecule has 3 aromatic heterocycles. The van der Waals surface area contributed by atoms with Crippen LogP contribution in [0.2, 0.25) is 0 Å². The molecule has 0 spiro atoms. The summed E-state index contributed by atoms with van der Waals surface area (Å²) >= 11 is 0. The first-order chi connectivity index (χ1) is 16.5. The number of carbonyl (C=O) groups is 1. The van der Waals surface area contributed by atoms with Gasteiger partial charge in [-0.2, -0.15) is 18.3 Å². The highest BCUT2D eigenvalue weighted by molar-refractivity contribution is 6.05. The Hall–Kier alpha value is -4.28. The molecule has 1 amide bonds. The number of halogens is 3. The molecule has 180 valence electrons. The highest BCUT2D eigenvalue weighted by atomic mass is 19.4. The molecular weight excluding hydrogens is 459 g/mol. The van der Waals surface area contributed by atoms with Gasteiger partial charge in [0.25, 0.3) is 5.91 Å². The molecule has 1 aromatic carbocycles. The van der Waals surface area contributed by atoms with E-state index in [2.05, 4.69) is 32.3 Å². The summed E-state index contributed by atoms with van der Waals surface area (Å²) in [6.45, 7) is 8.84. The summed E-state index contributed by atoms with van der Waals surface area (Å²) in [4.78, 5) is 17.3. The van der Waals surface area contributed by atoms with Crippen molar-refractivity contribution < 1.29 is 18.0 Å². The number of amides is 1. The van der Waals surface area contributed by atoms with Crippen LogP contribution in [0.4, 0.5) is 18.9 Å². The molecule has 0 aliphatic heterocycles. The summed E-state index contributed by atoms with van der Waals surface area (Å²) in [7, 11) is 1.82. The van der Waals surface area contributed by atoms with Gasteiger partial charge >= 0.3 is 6.18 Å². The Kier molecular flexibility index (Phi) is 6.01. The molecule has 0 unspecified atom stereocenters. The fourth-order valence-electron chi connectivity index (χ4n) is 3.57. The van der Waals surface area contributed by atoms with Crippen molar-refractivity contribution in [3.8, 4) is 16.9 Å². The van der Waals surface area contributed by atoms with Gasteiger partial charge in [0.05, 0.1) is 34.9 Å². The maximum atomic E-state index is 13.3. The fourth-order valence-corrected chi connectivity index (χ4v) is 3.57. The average Bonchev–Trinajstić information content (AvgIpc) is 3.41. The summed E-state index contributed by atoms with van der Waals surface area (Å²) in [6.07, 6.45) is 1.49. The number of nitrogens with zero attached hydrogens (tertiary/aromatic N) is 6. The Morgan fingerprint density at radius 3 is 2.51 bits per heavy atom. The quantitative estimate of drug-likeness (QED) is 0.438. The first-order valence-electron chi connectivity index (χ1n) is 10.5. The number of nitrogens with one attached hydrogen (secondary N) is 1. The molecule has 0 aliphatic carbocycles. The lowest BCUT2D eigenvalue weighted by atomic mass is 10.0. The van der Waals surface area contributed by atoms with Crippen LogP contribution in [0.3, 0.4) is 0 Å². The van der Waals surface area contributed by atoms with Gasteiger partial charge in [0.1, 0.15) is 5.69 Å². The molecule has 0 atom stereocenters. The van der Waals surface area contributed by atoms with E-state index in [4.69, 9.17) is 0 Å². The molecular formula is C24H22F3N7O. The summed E-state index contributed by atoms with van der Waals surface area (Å²) in [5, 5.41) is 15.1. The third kappa shape index (κ3) is 4.57. The summed E-state index contributed by atoms with van der Waals surface area (Å²) in [6, 6.07) is 3.46. The number of anilines is 1. The number of pyridine rings is 1. The smallest absolute Gasteiger partial charge is 0.322 e. The monoisotopic (exact) mass is 481 g/mol. The third-order valence-corrected chi connectivity index (χ3v) is 5.82. The van der Waals surface area contributed by atoms with Gasteiger partial charge < -0.3 is 5.32 Å². The van der Waals surface area contributed by atoms with Crippen LogP contribution in [0, 0.1) is 20.8 Å². The third-order valence-electron chi connectivity index (χ3n) is 5.82. The van der Waals surface area contributed by atoms with Crippen LogP contribution >= 0.6 is 0 Å². The number of hydrogen-bond acceptors (Lipinski definition) is 5. The first kappa shape index (κ1) is 23.9. The molecule has 3 heterocycles. The maximum absolute atomic E-state index is 13.3. The Labute approximate surface area is 199 Å². The zero-order chi connectivity index (χ0) is 25.5. The first-order valence-corrected chi connectivity index (χ1v) is 10.5. The van der Waals surface area contributed by atoms with Crippen LogP contribution < -0.4 is 5.32 Å². The molecule has 0 aliphatic rings. The van der Waals surface area contributed by atoms with E-state index in [0.29, 0.717) is 22.6 Å². The number of aryl methyl sites for hydroxylation is 2. The molecule has 0 saturated carbocycles. The predicted molar refractivity (Wildman–Crippen MR) is 125 cm³/mol. The number of benzene rings is 1. The van der Waals surface area contributed by atoms with Gasteiger partial charge in [-0.1, -0.05) is 17.9 Å². The Balaban J connectivity index is 1.67. The zero-order valence-electron chi connectivity index (χ0n) is 19.5. The second kappa shape index (κ2) is 8.82. The van der Waals surface area contributed by atoms with Gasteiger partial charge in [0.2, 0.25) is 0 Å². The Bertz CT molecular complexity index is 1450. The van der Waals surface area contributed by atoms with Crippen molar-refractivity contribution in [1.29, 1.82) is 0 Å². The molecule has 0 radical (unpaired) electrons. The van der Waals surface area contributed by atoms with Gasteiger partial charge in [-0.3, -0.25) is 14.5 Å². The van der Waals surface area contributed by atoms with Crippen LogP contribution in [-0.4, -0.2) is 35.7 Å². The molecule has 8 nitrogen and oxygen atoms in total. The SMILES string of the molecule is C=Cc1cc(C(F)(F)F)cc(NC(=O)c2cnc(C)c(-n3cc(-c4cnn(C)c4C)nn3)c2)c1C. The largest absolute Gasteiger partial charge is 0.416 e. The van der Waals surface area contributed by atoms with E-state index < -0.39 is 17.6 Å². The normalized spacial score (nSPS) is 11.5. The highest BCUT2D eigenvalue weighted by Crippen LogP contribution is 2.34. The van der Waals surface area contributed by atoms with E-state index in [1.54, 1.807) is 37.0 Å². The van der Waals surface area contributed by atoms with Crippen molar-refractivity contribution in [2.45, 2.75) is 26.9 Å². The van der Waals surface area contributed by atoms with Crippen molar-refractivity contribution in [3.63, 3.8) is 0 Å². The van der Waals surface area contributed by atoms with Crippen LogP contribution in [0.1, 0.15) is 38.4 Å². The molecule has 1 N–H and O–H groups in total. The van der Waals surface area contributed by atoms with Gasteiger partial charge in [-0.25, -0.2) is 4.68 Å². The number of aromatic nitrogens is 6. The minimum absolute atomic E-state index is 0.0388. The molecule has 35 heavy (non-hydrogen) atoms. The summed E-state index contributed by atoms with van der Waals surface area (Å²) in [5.74, 6) is -0.611. The van der Waals surface area contributed by atoms with Gasteiger partial charge in [-0.05, 0) is 50.1 Å². The minimum Gasteiger partial charge on any atom is -0.322 e. The second-order valence-electron chi connectivity index (χ2n) is 8.04. The van der Waals surface area contributed by atoms with Crippen molar-refractivity contribution in [3.05, 3.63) is 77.0 Å². The van der Waals surface area contributed by atoms with Crippen LogP contribution in [0.5, 0.6) is 0 Å². The zero-order valence-corrected chi connectivity index (χ0v) is 19.5. The van der Waals surface area contributed by atoms with Gasteiger partial charge in [0, 0.05) is 30.2 Å². The van der Waals surface area contributed by atoms with E-state index in [1.165, 1.54) is 17.0 Å². The maximum Gasteiger partial charge on any atom is 0.416 e. The number of carbonyl (C=O) groups excluding carboxylic acids is 1.